The molecule has 5 heteroatoms. The summed E-state index contributed by atoms with van der Waals surface area (Å²) >= 11 is 1.60. The quantitative estimate of drug-likeness (QED) is 0.821. The summed E-state index contributed by atoms with van der Waals surface area (Å²) in [7, 11) is 2.09. The summed E-state index contributed by atoms with van der Waals surface area (Å²) < 4.78 is 0. The first-order chi connectivity index (χ1) is 8.65. The molecule has 4 nitrogen and oxygen atoms in total. The van der Waals surface area contributed by atoms with Crippen molar-refractivity contribution in [3.8, 4) is 0 Å². The van der Waals surface area contributed by atoms with Gasteiger partial charge in [0.15, 0.2) is 0 Å². The van der Waals surface area contributed by atoms with Crippen molar-refractivity contribution in [1.82, 2.24) is 14.8 Å². The van der Waals surface area contributed by atoms with Crippen LogP contribution in [0.5, 0.6) is 0 Å². The monoisotopic (exact) mass is 269 g/mol. The topological polar surface area (TPSA) is 36.4 Å². The maximum absolute atomic E-state index is 12.0. The predicted octanol–water partition coefficient (Wildman–Crippen LogP) is 1.79. The molecule has 1 aromatic rings. The van der Waals surface area contributed by atoms with Crippen LogP contribution in [0.15, 0.2) is 5.38 Å². The molecule has 0 saturated carbocycles. The number of hydrogen-bond donors (Lipinski definition) is 0. The standard InChI is InChI=1S/C11H17N3OS.C2H6/c1-9-12-10(8-16-9)7-11(15)14-5-3-13(2)4-6-14;1-2/h8H,3-7H2,1-2H3;1-2H3. The van der Waals surface area contributed by atoms with Crippen LogP contribution >= 0.6 is 11.3 Å². The number of rotatable bonds is 2. The minimum Gasteiger partial charge on any atom is -0.340 e. The van der Waals surface area contributed by atoms with Gasteiger partial charge in [-0.05, 0) is 14.0 Å². The Morgan fingerprint density at radius 1 is 1.33 bits per heavy atom. The molecule has 0 radical (unpaired) electrons. The SMILES string of the molecule is CC.Cc1nc(CC(=O)N2CCN(C)CC2)cs1. The van der Waals surface area contributed by atoms with E-state index >= 15 is 0 Å². The normalized spacial score (nSPS) is 16.1. The second-order valence-corrected chi connectivity index (χ2v) is 5.28. The highest BCUT2D eigenvalue weighted by Gasteiger charge is 2.19. The van der Waals surface area contributed by atoms with Crippen molar-refractivity contribution in [2.75, 3.05) is 33.2 Å². The number of likely N-dealkylation sites (N-methyl/N-ethyl adjacent to an activating group) is 1. The van der Waals surface area contributed by atoms with E-state index in [1.807, 2.05) is 31.1 Å². The maximum atomic E-state index is 12.0. The molecule has 1 amide bonds. The van der Waals surface area contributed by atoms with E-state index in [2.05, 4.69) is 16.9 Å². The number of thiazole rings is 1. The fraction of sp³-hybridized carbons (Fsp3) is 0.692. The maximum Gasteiger partial charge on any atom is 0.228 e. The predicted molar refractivity (Wildman–Crippen MR) is 76.0 cm³/mol. The molecule has 102 valence electrons. The first kappa shape index (κ1) is 15.1. The van der Waals surface area contributed by atoms with Gasteiger partial charge in [0.2, 0.25) is 5.91 Å². The van der Waals surface area contributed by atoms with E-state index < -0.39 is 0 Å². The lowest BCUT2D eigenvalue weighted by atomic mass is 10.2. The summed E-state index contributed by atoms with van der Waals surface area (Å²) in [6.07, 6.45) is 0.452. The second-order valence-electron chi connectivity index (χ2n) is 4.22. The van der Waals surface area contributed by atoms with E-state index in [9.17, 15) is 4.79 Å². The Bertz CT molecular complexity index is 370. The van der Waals surface area contributed by atoms with Gasteiger partial charge in [-0.15, -0.1) is 11.3 Å². The van der Waals surface area contributed by atoms with E-state index in [1.54, 1.807) is 11.3 Å². The fourth-order valence-electron chi connectivity index (χ4n) is 1.81. The highest BCUT2D eigenvalue weighted by atomic mass is 32.1. The van der Waals surface area contributed by atoms with Crippen LogP contribution in [0, 0.1) is 6.92 Å². The molecule has 18 heavy (non-hydrogen) atoms. The zero-order valence-electron chi connectivity index (χ0n) is 11.8. The van der Waals surface area contributed by atoms with E-state index in [0.29, 0.717) is 6.42 Å². The molecule has 0 bridgehead atoms. The summed E-state index contributed by atoms with van der Waals surface area (Å²) in [5.74, 6) is 0.207. The average Bonchev–Trinajstić information content (AvgIpc) is 2.78. The van der Waals surface area contributed by atoms with Gasteiger partial charge in [-0.25, -0.2) is 4.98 Å². The van der Waals surface area contributed by atoms with Crippen molar-refractivity contribution in [3.63, 3.8) is 0 Å². The number of carbonyl (C=O) groups excluding carboxylic acids is 1. The van der Waals surface area contributed by atoms with Crippen LogP contribution in [-0.2, 0) is 11.2 Å². The Morgan fingerprint density at radius 3 is 2.44 bits per heavy atom. The number of piperazine rings is 1. The zero-order chi connectivity index (χ0) is 13.5. The third-order valence-corrected chi connectivity index (χ3v) is 3.68. The Hall–Kier alpha value is -0.940. The number of aromatic nitrogens is 1. The van der Waals surface area contributed by atoms with Crippen LogP contribution in [-0.4, -0.2) is 53.9 Å². The van der Waals surface area contributed by atoms with Gasteiger partial charge in [0.1, 0.15) is 0 Å². The molecule has 1 aromatic heterocycles. The number of hydrogen-bond acceptors (Lipinski definition) is 4. The lowest BCUT2D eigenvalue weighted by Gasteiger charge is -2.32. The third kappa shape index (κ3) is 4.38. The van der Waals surface area contributed by atoms with Gasteiger partial charge < -0.3 is 9.80 Å². The molecule has 0 atom stereocenters. The molecule has 0 N–H and O–H groups in total. The van der Waals surface area contributed by atoms with Crippen molar-refractivity contribution in [3.05, 3.63) is 16.1 Å². The Labute approximate surface area is 114 Å². The summed E-state index contributed by atoms with van der Waals surface area (Å²) in [4.78, 5) is 20.5. The number of amides is 1. The smallest absolute Gasteiger partial charge is 0.228 e. The van der Waals surface area contributed by atoms with Crippen LogP contribution < -0.4 is 0 Å². The van der Waals surface area contributed by atoms with Crippen molar-refractivity contribution >= 4 is 17.2 Å². The van der Waals surface area contributed by atoms with Crippen molar-refractivity contribution in [2.45, 2.75) is 27.2 Å². The first-order valence-corrected chi connectivity index (χ1v) is 7.40. The second kappa shape index (κ2) is 7.48. The molecule has 1 aliphatic rings. The van der Waals surface area contributed by atoms with Gasteiger partial charge in [0, 0.05) is 31.6 Å². The Morgan fingerprint density at radius 2 is 1.94 bits per heavy atom. The fourth-order valence-corrected chi connectivity index (χ4v) is 2.42. The van der Waals surface area contributed by atoms with Crippen LogP contribution in [0.2, 0.25) is 0 Å². The molecule has 2 heterocycles. The molecule has 0 unspecified atom stereocenters. The number of aryl methyl sites for hydroxylation is 1. The lowest BCUT2D eigenvalue weighted by molar-refractivity contribution is -0.132. The van der Waals surface area contributed by atoms with Crippen molar-refractivity contribution < 1.29 is 4.79 Å². The molecular formula is C13H23N3OS. The highest BCUT2D eigenvalue weighted by molar-refractivity contribution is 7.09. The molecule has 1 saturated heterocycles. The largest absolute Gasteiger partial charge is 0.340 e. The van der Waals surface area contributed by atoms with E-state index in [1.165, 1.54) is 0 Å². The van der Waals surface area contributed by atoms with Crippen molar-refractivity contribution in [1.29, 1.82) is 0 Å². The lowest BCUT2D eigenvalue weighted by Crippen LogP contribution is -2.47. The van der Waals surface area contributed by atoms with E-state index in [-0.39, 0.29) is 5.91 Å². The third-order valence-electron chi connectivity index (χ3n) is 2.85. The van der Waals surface area contributed by atoms with Crippen LogP contribution in [0.1, 0.15) is 24.5 Å². The van der Waals surface area contributed by atoms with Gasteiger partial charge in [0.05, 0.1) is 17.1 Å². The highest BCUT2D eigenvalue weighted by Crippen LogP contribution is 2.10. The van der Waals surface area contributed by atoms with Gasteiger partial charge in [-0.1, -0.05) is 13.8 Å². The minimum absolute atomic E-state index is 0.207. The Kier molecular flexibility index (Phi) is 6.29. The number of carbonyl (C=O) groups is 1. The van der Waals surface area contributed by atoms with Crippen molar-refractivity contribution in [2.24, 2.45) is 0 Å². The van der Waals surface area contributed by atoms with Crippen LogP contribution in [0.4, 0.5) is 0 Å². The molecule has 0 spiro atoms. The molecule has 1 aliphatic heterocycles. The molecule has 1 fully saturated rings. The summed E-state index contributed by atoms with van der Waals surface area (Å²) in [5, 5.41) is 3.00. The van der Waals surface area contributed by atoms with E-state index in [4.69, 9.17) is 0 Å². The van der Waals surface area contributed by atoms with Crippen LogP contribution in [0.25, 0.3) is 0 Å². The Balaban J connectivity index is 0.000000771. The average molecular weight is 269 g/mol. The van der Waals surface area contributed by atoms with Crippen LogP contribution in [0.3, 0.4) is 0 Å². The first-order valence-electron chi connectivity index (χ1n) is 6.52. The summed E-state index contributed by atoms with van der Waals surface area (Å²) in [5.41, 5.74) is 0.909. The zero-order valence-corrected chi connectivity index (χ0v) is 12.6. The summed E-state index contributed by atoms with van der Waals surface area (Å²) in [6.45, 7) is 9.61. The minimum atomic E-state index is 0.207. The van der Waals surface area contributed by atoms with Gasteiger partial charge in [0.25, 0.3) is 0 Å². The van der Waals surface area contributed by atoms with Gasteiger partial charge >= 0.3 is 0 Å². The molecule has 2 rings (SSSR count). The number of nitrogens with zero attached hydrogens (tertiary/aromatic N) is 3. The van der Waals surface area contributed by atoms with E-state index in [0.717, 1.165) is 36.9 Å². The molecular weight excluding hydrogens is 246 g/mol. The molecule has 0 aliphatic carbocycles. The molecule has 0 aromatic carbocycles. The van der Waals surface area contributed by atoms with Gasteiger partial charge in [-0.3, -0.25) is 4.79 Å². The summed E-state index contributed by atoms with van der Waals surface area (Å²) in [6, 6.07) is 0. The van der Waals surface area contributed by atoms with Gasteiger partial charge in [-0.2, -0.15) is 0 Å².